The summed E-state index contributed by atoms with van der Waals surface area (Å²) in [5.74, 6) is -0.188. The van der Waals surface area contributed by atoms with Gasteiger partial charge in [-0.25, -0.2) is 4.98 Å². The van der Waals surface area contributed by atoms with Gasteiger partial charge in [0.05, 0.1) is 17.9 Å². The summed E-state index contributed by atoms with van der Waals surface area (Å²) in [5.41, 5.74) is 0.855. The molecule has 18 heavy (non-hydrogen) atoms. The molecule has 104 valence electrons. The molecule has 0 saturated heterocycles. The topological polar surface area (TPSA) is 55.1 Å². The maximum Gasteiger partial charge on any atom is 0.306 e. The minimum Gasteiger partial charge on any atom is -0.481 e. The van der Waals surface area contributed by atoms with Gasteiger partial charge in [0.2, 0.25) is 0 Å². The van der Waals surface area contributed by atoms with Crippen LogP contribution in [0.4, 0.5) is 0 Å². The zero-order valence-electron chi connectivity index (χ0n) is 12.2. The average molecular weight is 254 g/mol. The highest BCUT2D eigenvalue weighted by molar-refractivity contribution is 5.70. The van der Waals surface area contributed by atoms with Crippen LogP contribution in [0.15, 0.2) is 12.5 Å². The Kier molecular flexibility index (Phi) is 8.08. The molecule has 1 atom stereocenters. The quantitative estimate of drug-likeness (QED) is 0.878. The molecule has 1 rings (SSSR count). The second-order valence-electron chi connectivity index (χ2n) is 5.29. The van der Waals surface area contributed by atoms with Crippen molar-refractivity contribution in [3.63, 3.8) is 0 Å². The fourth-order valence-electron chi connectivity index (χ4n) is 1.49. The van der Waals surface area contributed by atoms with E-state index in [0.717, 1.165) is 18.0 Å². The third kappa shape index (κ3) is 7.87. The highest BCUT2D eigenvalue weighted by Crippen LogP contribution is 2.12. The Hall–Kier alpha value is -1.32. The Labute approximate surface area is 110 Å². The molecular formula is C14H26N2O2. The molecule has 1 aromatic rings. The van der Waals surface area contributed by atoms with Gasteiger partial charge in [0.15, 0.2) is 0 Å². The Balaban J connectivity index is 0.000000631. The average Bonchev–Trinajstić information content (AvgIpc) is 2.62. The zero-order valence-corrected chi connectivity index (χ0v) is 12.2. The van der Waals surface area contributed by atoms with E-state index in [9.17, 15) is 4.79 Å². The minimum absolute atomic E-state index is 0.296. The van der Waals surface area contributed by atoms with Crippen LogP contribution in [0.5, 0.6) is 0 Å². The Morgan fingerprint density at radius 2 is 2.00 bits per heavy atom. The molecular weight excluding hydrogens is 228 g/mol. The molecule has 0 saturated carbocycles. The summed E-state index contributed by atoms with van der Waals surface area (Å²) in [6.45, 7) is 8.49. The van der Waals surface area contributed by atoms with Crippen LogP contribution in [0, 0.1) is 11.8 Å². The van der Waals surface area contributed by atoms with Crippen LogP contribution in [0.3, 0.4) is 0 Å². The number of aryl methyl sites for hydroxylation is 1. The first-order chi connectivity index (χ1) is 8.36. The van der Waals surface area contributed by atoms with Gasteiger partial charge in [-0.1, -0.05) is 34.1 Å². The number of carboxylic acids is 1. The number of rotatable bonds is 5. The normalized spacial score (nSPS) is 11.9. The van der Waals surface area contributed by atoms with Crippen molar-refractivity contribution < 1.29 is 9.90 Å². The largest absolute Gasteiger partial charge is 0.481 e. The Morgan fingerprint density at radius 1 is 1.44 bits per heavy atom. The number of carboxylic acid groups (broad SMARTS) is 1. The van der Waals surface area contributed by atoms with Crippen LogP contribution >= 0.6 is 0 Å². The van der Waals surface area contributed by atoms with Gasteiger partial charge in [-0.2, -0.15) is 0 Å². The lowest BCUT2D eigenvalue weighted by molar-refractivity contribution is -0.141. The molecule has 0 aromatic carbocycles. The van der Waals surface area contributed by atoms with E-state index in [2.05, 4.69) is 25.8 Å². The Morgan fingerprint density at radius 3 is 2.33 bits per heavy atom. The van der Waals surface area contributed by atoms with Crippen LogP contribution in [0.1, 0.15) is 46.2 Å². The molecule has 1 heterocycles. The van der Waals surface area contributed by atoms with Crippen LogP contribution in [0.2, 0.25) is 0 Å². The van der Waals surface area contributed by atoms with Gasteiger partial charge in [0.25, 0.3) is 0 Å². The predicted molar refractivity (Wildman–Crippen MR) is 73.5 cm³/mol. The van der Waals surface area contributed by atoms with Crippen molar-refractivity contribution in [2.24, 2.45) is 18.9 Å². The number of hydrogen-bond acceptors (Lipinski definition) is 2. The summed E-state index contributed by atoms with van der Waals surface area (Å²) in [4.78, 5) is 15.0. The van der Waals surface area contributed by atoms with Gasteiger partial charge in [-0.05, 0) is 12.3 Å². The lowest BCUT2D eigenvalue weighted by Crippen LogP contribution is -2.16. The summed E-state index contributed by atoms with van der Waals surface area (Å²) in [6.07, 6.45) is 5.70. The second kappa shape index (κ2) is 8.72. The van der Waals surface area contributed by atoms with Gasteiger partial charge in [0, 0.05) is 19.7 Å². The summed E-state index contributed by atoms with van der Waals surface area (Å²) in [5, 5.41) is 8.94. The molecule has 0 fully saturated rings. The van der Waals surface area contributed by atoms with E-state index >= 15 is 0 Å². The third-order valence-corrected chi connectivity index (χ3v) is 2.20. The molecule has 0 amide bonds. The van der Waals surface area contributed by atoms with Crippen molar-refractivity contribution in [3.8, 4) is 0 Å². The van der Waals surface area contributed by atoms with E-state index in [1.807, 2.05) is 24.7 Å². The van der Waals surface area contributed by atoms with Gasteiger partial charge in [-0.15, -0.1) is 0 Å². The second-order valence-corrected chi connectivity index (χ2v) is 5.29. The highest BCUT2D eigenvalue weighted by Gasteiger charge is 2.17. The molecule has 0 aliphatic heterocycles. The number of aromatic nitrogens is 2. The maximum atomic E-state index is 10.9. The number of imidazole rings is 1. The van der Waals surface area contributed by atoms with Crippen LogP contribution < -0.4 is 0 Å². The molecule has 4 heteroatoms. The van der Waals surface area contributed by atoms with Crippen LogP contribution in [-0.2, 0) is 18.3 Å². The van der Waals surface area contributed by atoms with Gasteiger partial charge >= 0.3 is 5.97 Å². The van der Waals surface area contributed by atoms with E-state index in [1.165, 1.54) is 0 Å². The molecule has 0 radical (unpaired) electrons. The number of hydrogen-bond donors (Lipinski definition) is 1. The van der Waals surface area contributed by atoms with Crippen molar-refractivity contribution in [1.29, 1.82) is 0 Å². The number of carbonyl (C=O) groups is 1. The fraction of sp³-hybridized carbons (Fsp3) is 0.714. The van der Waals surface area contributed by atoms with E-state index in [1.54, 1.807) is 6.33 Å². The van der Waals surface area contributed by atoms with E-state index in [0.29, 0.717) is 12.8 Å². The minimum atomic E-state index is -0.725. The molecule has 0 bridgehead atoms. The van der Waals surface area contributed by atoms with Crippen LogP contribution in [0.25, 0.3) is 0 Å². The Bertz CT molecular complexity index is 343. The van der Waals surface area contributed by atoms with Crippen molar-refractivity contribution in [1.82, 2.24) is 9.55 Å². The fourth-order valence-corrected chi connectivity index (χ4v) is 1.49. The van der Waals surface area contributed by atoms with E-state index in [4.69, 9.17) is 5.11 Å². The predicted octanol–water partition coefficient (Wildman–Crippen LogP) is 3.13. The molecule has 0 spiro atoms. The standard InChI is InChI=1S/C10H16N2O2.C4H10/c1-3-4-8(10(13)14)5-9-6-12(2)7-11-9;1-4(2)3/h6-8H,3-5H2,1-2H3,(H,13,14);4H,1-3H3. The van der Waals surface area contributed by atoms with Gasteiger partial charge < -0.3 is 9.67 Å². The summed E-state index contributed by atoms with van der Waals surface area (Å²) < 4.78 is 1.83. The number of aliphatic carboxylic acids is 1. The smallest absolute Gasteiger partial charge is 0.306 e. The lowest BCUT2D eigenvalue weighted by Gasteiger charge is -2.08. The van der Waals surface area contributed by atoms with Crippen molar-refractivity contribution in [2.75, 3.05) is 0 Å². The first kappa shape index (κ1) is 16.7. The van der Waals surface area contributed by atoms with Gasteiger partial charge in [0.1, 0.15) is 0 Å². The molecule has 0 aliphatic rings. The summed E-state index contributed by atoms with van der Waals surface area (Å²) in [7, 11) is 1.88. The molecule has 1 N–H and O–H groups in total. The van der Waals surface area contributed by atoms with E-state index < -0.39 is 5.97 Å². The van der Waals surface area contributed by atoms with Gasteiger partial charge in [-0.3, -0.25) is 4.79 Å². The van der Waals surface area contributed by atoms with E-state index in [-0.39, 0.29) is 5.92 Å². The summed E-state index contributed by atoms with van der Waals surface area (Å²) >= 11 is 0. The molecule has 0 aliphatic carbocycles. The first-order valence-corrected chi connectivity index (χ1v) is 6.56. The SMILES string of the molecule is CC(C)C.CCCC(Cc1cn(C)cn1)C(=O)O. The lowest BCUT2D eigenvalue weighted by atomic mass is 9.99. The van der Waals surface area contributed by atoms with Crippen molar-refractivity contribution in [2.45, 2.75) is 47.0 Å². The third-order valence-electron chi connectivity index (χ3n) is 2.20. The van der Waals surface area contributed by atoms with Crippen LogP contribution in [-0.4, -0.2) is 20.6 Å². The first-order valence-electron chi connectivity index (χ1n) is 6.56. The molecule has 4 nitrogen and oxygen atoms in total. The summed E-state index contributed by atoms with van der Waals surface area (Å²) in [6, 6.07) is 0. The highest BCUT2D eigenvalue weighted by atomic mass is 16.4. The van der Waals surface area contributed by atoms with Crippen molar-refractivity contribution >= 4 is 5.97 Å². The molecule has 1 aromatic heterocycles. The van der Waals surface area contributed by atoms with Crippen molar-refractivity contribution in [3.05, 3.63) is 18.2 Å². The monoisotopic (exact) mass is 254 g/mol. The maximum absolute atomic E-state index is 10.9. The number of nitrogens with zero attached hydrogens (tertiary/aromatic N) is 2. The molecule has 1 unspecified atom stereocenters. The zero-order chi connectivity index (χ0) is 14.1.